The van der Waals surface area contributed by atoms with E-state index >= 15 is 0 Å². The maximum atomic E-state index is 12.5. The van der Waals surface area contributed by atoms with E-state index < -0.39 is 0 Å². The lowest BCUT2D eigenvalue weighted by Crippen LogP contribution is -2.53. The van der Waals surface area contributed by atoms with Gasteiger partial charge in [0.25, 0.3) is 0 Å². The van der Waals surface area contributed by atoms with Crippen molar-refractivity contribution in [3.8, 4) is 11.4 Å². The molecule has 0 bridgehead atoms. The fourth-order valence-electron chi connectivity index (χ4n) is 3.92. The Labute approximate surface area is 159 Å². The third-order valence-corrected chi connectivity index (χ3v) is 5.52. The van der Waals surface area contributed by atoms with Crippen LogP contribution in [0.3, 0.4) is 0 Å². The maximum Gasteiger partial charge on any atom is 0.317 e. The average molecular weight is 369 g/mol. The minimum Gasteiger partial charge on any atom is -0.368 e. The highest BCUT2D eigenvalue weighted by Crippen LogP contribution is 2.22. The predicted octanol–water partition coefficient (Wildman–Crippen LogP) is 3.21. The molecule has 1 aromatic heterocycles. The van der Waals surface area contributed by atoms with Gasteiger partial charge in [-0.25, -0.2) is 4.79 Å². The molecular weight excluding hydrogens is 342 g/mol. The molecule has 0 spiro atoms. The van der Waals surface area contributed by atoms with Gasteiger partial charge in [0.15, 0.2) is 0 Å². The van der Waals surface area contributed by atoms with E-state index in [1.165, 1.54) is 19.3 Å². The molecule has 2 fully saturated rings. The predicted molar refractivity (Wildman–Crippen MR) is 104 cm³/mol. The molecule has 0 atom stereocenters. The number of rotatable bonds is 3. The summed E-state index contributed by atoms with van der Waals surface area (Å²) in [6.45, 7) is 4.99. The molecule has 4 rings (SSSR count). The average Bonchev–Trinajstić information content (AvgIpc) is 3.15. The van der Waals surface area contributed by atoms with Crippen LogP contribution >= 0.6 is 0 Å². The number of carbonyl (C=O) groups is 1. The summed E-state index contributed by atoms with van der Waals surface area (Å²) in [6, 6.07) is 8.66. The first kappa shape index (κ1) is 17.8. The summed E-state index contributed by atoms with van der Waals surface area (Å²) < 4.78 is 5.04. The zero-order valence-corrected chi connectivity index (χ0v) is 15.9. The Morgan fingerprint density at radius 3 is 2.41 bits per heavy atom. The summed E-state index contributed by atoms with van der Waals surface area (Å²) in [5.74, 6) is 1.18. The van der Waals surface area contributed by atoms with Crippen LogP contribution in [0.4, 0.5) is 10.5 Å². The molecule has 1 saturated carbocycles. The molecule has 2 aliphatic rings. The summed E-state index contributed by atoms with van der Waals surface area (Å²) in [5.41, 5.74) is 2.10. The normalized spacial score (nSPS) is 18.6. The number of nitrogens with zero attached hydrogens (tertiary/aromatic N) is 4. The Morgan fingerprint density at radius 2 is 1.78 bits per heavy atom. The minimum absolute atomic E-state index is 0.101. The zero-order valence-electron chi connectivity index (χ0n) is 15.9. The quantitative estimate of drug-likeness (QED) is 0.899. The molecule has 7 heteroatoms. The number of urea groups is 1. The summed E-state index contributed by atoms with van der Waals surface area (Å²) >= 11 is 0. The lowest BCUT2D eigenvalue weighted by Gasteiger charge is -2.37. The maximum absolute atomic E-state index is 12.5. The second-order valence-electron chi connectivity index (χ2n) is 7.44. The van der Waals surface area contributed by atoms with E-state index in [0.29, 0.717) is 17.8 Å². The van der Waals surface area contributed by atoms with Crippen molar-refractivity contribution >= 4 is 11.7 Å². The van der Waals surface area contributed by atoms with Crippen LogP contribution in [-0.4, -0.2) is 53.3 Å². The molecule has 1 aromatic carbocycles. The first-order valence-corrected chi connectivity index (χ1v) is 9.90. The standard InChI is InChI=1S/C20H27N5O2/c1-15-21-19(23-27-15)16-7-9-18(10-8-16)24-11-13-25(14-12-24)20(26)22-17-5-3-2-4-6-17/h7-10,17H,2-6,11-14H2,1H3,(H,22,26). The van der Waals surface area contributed by atoms with Crippen molar-refractivity contribution in [2.24, 2.45) is 0 Å². The number of piperazine rings is 1. The van der Waals surface area contributed by atoms with Crippen LogP contribution in [0.25, 0.3) is 11.4 Å². The number of amides is 2. The Balaban J connectivity index is 1.30. The molecule has 1 N–H and O–H groups in total. The fraction of sp³-hybridized carbons (Fsp3) is 0.550. The van der Waals surface area contributed by atoms with Gasteiger partial charge in [-0.3, -0.25) is 0 Å². The Kier molecular flexibility index (Phi) is 5.27. The second-order valence-corrected chi connectivity index (χ2v) is 7.44. The summed E-state index contributed by atoms with van der Waals surface area (Å²) in [6.07, 6.45) is 6.02. The van der Waals surface area contributed by atoms with E-state index in [1.54, 1.807) is 6.92 Å². The first-order chi connectivity index (χ1) is 13.2. The largest absolute Gasteiger partial charge is 0.368 e. The molecule has 0 unspecified atom stereocenters. The van der Waals surface area contributed by atoms with Crippen molar-refractivity contribution in [1.82, 2.24) is 20.4 Å². The van der Waals surface area contributed by atoms with Gasteiger partial charge in [-0.05, 0) is 37.1 Å². The van der Waals surface area contributed by atoms with Gasteiger partial charge in [-0.15, -0.1) is 0 Å². The molecule has 1 saturated heterocycles. The van der Waals surface area contributed by atoms with E-state index in [9.17, 15) is 4.79 Å². The number of anilines is 1. The zero-order chi connectivity index (χ0) is 18.6. The van der Waals surface area contributed by atoms with E-state index in [2.05, 4.69) is 32.5 Å². The molecule has 144 valence electrons. The fourth-order valence-corrected chi connectivity index (χ4v) is 3.92. The van der Waals surface area contributed by atoms with E-state index in [0.717, 1.165) is 50.3 Å². The van der Waals surface area contributed by atoms with Crippen molar-refractivity contribution in [3.63, 3.8) is 0 Å². The Bertz CT molecular complexity index is 759. The van der Waals surface area contributed by atoms with Crippen LogP contribution in [0.15, 0.2) is 28.8 Å². The summed E-state index contributed by atoms with van der Waals surface area (Å²) in [5, 5.41) is 7.17. The van der Waals surface area contributed by atoms with Gasteiger partial charge < -0.3 is 19.6 Å². The molecule has 7 nitrogen and oxygen atoms in total. The number of nitrogens with one attached hydrogen (secondary N) is 1. The summed E-state index contributed by atoms with van der Waals surface area (Å²) in [4.78, 5) is 21.0. The third-order valence-electron chi connectivity index (χ3n) is 5.52. The van der Waals surface area contributed by atoms with Crippen molar-refractivity contribution < 1.29 is 9.32 Å². The first-order valence-electron chi connectivity index (χ1n) is 9.90. The van der Waals surface area contributed by atoms with Crippen LogP contribution in [-0.2, 0) is 0 Å². The van der Waals surface area contributed by atoms with Gasteiger partial charge >= 0.3 is 6.03 Å². The smallest absolute Gasteiger partial charge is 0.317 e. The van der Waals surface area contributed by atoms with Crippen LogP contribution in [0.2, 0.25) is 0 Å². The number of aryl methyl sites for hydroxylation is 1. The third kappa shape index (κ3) is 4.23. The van der Waals surface area contributed by atoms with Crippen LogP contribution in [0.1, 0.15) is 38.0 Å². The SMILES string of the molecule is Cc1nc(-c2ccc(N3CCN(C(=O)NC4CCCCC4)CC3)cc2)no1. The van der Waals surface area contributed by atoms with Gasteiger partial charge in [-0.1, -0.05) is 24.4 Å². The monoisotopic (exact) mass is 369 g/mol. The molecule has 2 aromatic rings. The minimum atomic E-state index is 0.101. The highest BCUT2D eigenvalue weighted by atomic mass is 16.5. The number of hydrogen-bond donors (Lipinski definition) is 1. The second kappa shape index (κ2) is 7.98. The number of carbonyl (C=O) groups excluding carboxylic acids is 1. The van der Waals surface area contributed by atoms with Crippen molar-refractivity contribution in [1.29, 1.82) is 0 Å². The van der Waals surface area contributed by atoms with Crippen LogP contribution in [0, 0.1) is 6.92 Å². The molecule has 2 amide bonds. The van der Waals surface area contributed by atoms with Gasteiger partial charge in [-0.2, -0.15) is 4.98 Å². The van der Waals surface area contributed by atoms with E-state index in [-0.39, 0.29) is 6.03 Å². The Hall–Kier alpha value is -2.57. The lowest BCUT2D eigenvalue weighted by atomic mass is 9.96. The highest BCUT2D eigenvalue weighted by molar-refractivity contribution is 5.75. The molecule has 0 radical (unpaired) electrons. The van der Waals surface area contributed by atoms with Gasteiger partial charge in [0.2, 0.25) is 11.7 Å². The van der Waals surface area contributed by atoms with Crippen molar-refractivity contribution in [2.75, 3.05) is 31.1 Å². The van der Waals surface area contributed by atoms with E-state index in [4.69, 9.17) is 4.52 Å². The molecule has 2 heterocycles. The number of aromatic nitrogens is 2. The lowest BCUT2D eigenvalue weighted by molar-refractivity contribution is 0.186. The molecule has 1 aliphatic carbocycles. The summed E-state index contributed by atoms with van der Waals surface area (Å²) in [7, 11) is 0. The van der Waals surface area contributed by atoms with Gasteiger partial charge in [0.05, 0.1) is 0 Å². The van der Waals surface area contributed by atoms with Crippen molar-refractivity contribution in [3.05, 3.63) is 30.2 Å². The van der Waals surface area contributed by atoms with E-state index in [1.807, 2.05) is 17.0 Å². The van der Waals surface area contributed by atoms with Crippen LogP contribution < -0.4 is 10.2 Å². The molecular formula is C20H27N5O2. The Morgan fingerprint density at radius 1 is 1.07 bits per heavy atom. The highest BCUT2D eigenvalue weighted by Gasteiger charge is 2.24. The topological polar surface area (TPSA) is 74.5 Å². The van der Waals surface area contributed by atoms with Crippen LogP contribution in [0.5, 0.6) is 0 Å². The van der Waals surface area contributed by atoms with Crippen molar-refractivity contribution in [2.45, 2.75) is 45.1 Å². The number of hydrogen-bond acceptors (Lipinski definition) is 5. The van der Waals surface area contributed by atoms with Gasteiger partial charge in [0, 0.05) is 50.4 Å². The number of benzene rings is 1. The molecule has 1 aliphatic heterocycles. The molecule has 27 heavy (non-hydrogen) atoms. The van der Waals surface area contributed by atoms with Gasteiger partial charge in [0.1, 0.15) is 0 Å².